The fourth-order valence-corrected chi connectivity index (χ4v) is 5.39. The molecule has 1 aromatic rings. The van der Waals surface area contributed by atoms with Crippen LogP contribution in [0.1, 0.15) is 60.7 Å². The van der Waals surface area contributed by atoms with Gasteiger partial charge in [0.25, 0.3) is 0 Å². The standard InChI is InChI=1S/C20H35BrFN3O2SSi/c1-17(2,3)28(26)25-20(16-23-10-14(21)11-24-16)12-19(7,15(20)22)13-27-29(8,9)18(4,5)6/h10-11,15,25H,12-13H2,1-9H3/t15-,19-,20+,28?/m0/s1. The van der Waals surface area contributed by atoms with Gasteiger partial charge in [-0.05, 0) is 61.3 Å². The van der Waals surface area contributed by atoms with Crippen molar-refractivity contribution in [2.24, 2.45) is 5.41 Å². The quantitative estimate of drug-likeness (QED) is 0.533. The van der Waals surface area contributed by atoms with E-state index in [4.69, 9.17) is 4.43 Å². The fraction of sp³-hybridized carbons (Fsp3) is 0.800. The molecule has 0 aliphatic heterocycles. The van der Waals surface area contributed by atoms with Crippen LogP contribution < -0.4 is 4.72 Å². The monoisotopic (exact) mass is 507 g/mol. The summed E-state index contributed by atoms with van der Waals surface area (Å²) < 4.78 is 38.4. The molecule has 1 unspecified atom stereocenters. The lowest BCUT2D eigenvalue weighted by Crippen LogP contribution is -2.70. The molecule has 0 amide bonds. The topological polar surface area (TPSA) is 64.1 Å². The van der Waals surface area contributed by atoms with Crippen LogP contribution in [-0.4, -0.2) is 40.0 Å². The van der Waals surface area contributed by atoms with Crippen LogP contribution in [0.4, 0.5) is 4.39 Å². The first-order valence-electron chi connectivity index (χ1n) is 9.90. The SMILES string of the molecule is CC(C)(C)S(=O)N[C@]1(c2ncc(Br)cn2)C[C@@](C)(CO[Si](C)(C)C(C)(C)C)[C@@H]1F. The molecule has 1 fully saturated rings. The fourth-order valence-electron chi connectivity index (χ4n) is 3.15. The average Bonchev–Trinajstić information content (AvgIpc) is 2.58. The summed E-state index contributed by atoms with van der Waals surface area (Å²) in [5, 5.41) is 0.0524. The van der Waals surface area contributed by atoms with Crippen molar-refractivity contribution >= 4 is 35.2 Å². The van der Waals surface area contributed by atoms with Crippen LogP contribution in [0.5, 0.6) is 0 Å². The third-order valence-electron chi connectivity index (χ3n) is 6.15. The molecule has 0 saturated heterocycles. The Hall–Kier alpha value is -0.223. The smallest absolute Gasteiger partial charge is 0.192 e. The van der Waals surface area contributed by atoms with Crippen LogP contribution in [0.25, 0.3) is 0 Å². The van der Waals surface area contributed by atoms with Crippen LogP contribution in [0.2, 0.25) is 18.1 Å². The van der Waals surface area contributed by atoms with Crippen molar-refractivity contribution in [3.05, 3.63) is 22.7 Å². The predicted octanol–water partition coefficient (Wildman–Crippen LogP) is 5.26. The van der Waals surface area contributed by atoms with Gasteiger partial charge in [0.1, 0.15) is 11.7 Å². The summed E-state index contributed by atoms with van der Waals surface area (Å²) in [4.78, 5) is 8.69. The van der Waals surface area contributed by atoms with Gasteiger partial charge in [-0.25, -0.2) is 23.3 Å². The van der Waals surface area contributed by atoms with E-state index in [2.05, 4.69) is 64.5 Å². The van der Waals surface area contributed by atoms with E-state index in [9.17, 15) is 4.21 Å². The van der Waals surface area contributed by atoms with E-state index in [0.717, 1.165) is 0 Å². The van der Waals surface area contributed by atoms with E-state index in [1.54, 1.807) is 12.4 Å². The number of alkyl halides is 1. The molecule has 2 rings (SSSR count). The van der Waals surface area contributed by atoms with Crippen molar-refractivity contribution in [1.29, 1.82) is 0 Å². The number of hydrogen-bond donors (Lipinski definition) is 1. The average molecular weight is 509 g/mol. The van der Waals surface area contributed by atoms with Crippen LogP contribution >= 0.6 is 15.9 Å². The third kappa shape index (κ3) is 5.00. The van der Waals surface area contributed by atoms with Crippen molar-refractivity contribution in [2.45, 2.75) is 89.5 Å². The predicted molar refractivity (Wildman–Crippen MR) is 123 cm³/mol. The van der Waals surface area contributed by atoms with E-state index >= 15 is 4.39 Å². The maximum atomic E-state index is 15.9. The summed E-state index contributed by atoms with van der Waals surface area (Å²) in [5.41, 5.74) is -1.88. The summed E-state index contributed by atoms with van der Waals surface area (Å²) in [5.74, 6) is 0.329. The minimum Gasteiger partial charge on any atom is -0.416 e. The van der Waals surface area contributed by atoms with Gasteiger partial charge >= 0.3 is 0 Å². The van der Waals surface area contributed by atoms with Gasteiger partial charge in [-0.2, -0.15) is 0 Å². The highest BCUT2D eigenvalue weighted by atomic mass is 79.9. The molecule has 0 spiro atoms. The largest absolute Gasteiger partial charge is 0.416 e. The molecule has 1 aliphatic carbocycles. The molecule has 1 aromatic heterocycles. The van der Waals surface area contributed by atoms with E-state index in [-0.39, 0.29) is 5.04 Å². The van der Waals surface area contributed by atoms with Crippen LogP contribution in [0.3, 0.4) is 0 Å². The second-order valence-electron chi connectivity index (χ2n) is 10.9. The highest BCUT2D eigenvalue weighted by Gasteiger charge is 2.66. The summed E-state index contributed by atoms with van der Waals surface area (Å²) in [7, 11) is -3.47. The second kappa shape index (κ2) is 8.04. The molecule has 4 atom stereocenters. The number of halogens is 2. The van der Waals surface area contributed by atoms with Gasteiger partial charge in [0.05, 0.1) is 20.2 Å². The molecule has 1 N–H and O–H groups in total. The van der Waals surface area contributed by atoms with E-state index < -0.39 is 41.2 Å². The molecule has 5 nitrogen and oxygen atoms in total. The first-order valence-corrected chi connectivity index (χ1v) is 14.8. The van der Waals surface area contributed by atoms with Gasteiger partial charge in [0, 0.05) is 24.4 Å². The maximum Gasteiger partial charge on any atom is 0.192 e. The number of nitrogens with one attached hydrogen (secondary N) is 1. The molecule has 1 saturated carbocycles. The van der Waals surface area contributed by atoms with E-state index in [1.165, 1.54) is 0 Å². The van der Waals surface area contributed by atoms with Gasteiger partial charge in [0.15, 0.2) is 14.1 Å². The molecule has 0 aromatic carbocycles. The summed E-state index contributed by atoms with van der Waals surface area (Å²) in [6.07, 6.45) is 2.28. The molecule has 29 heavy (non-hydrogen) atoms. The van der Waals surface area contributed by atoms with Crippen LogP contribution in [0, 0.1) is 5.41 Å². The van der Waals surface area contributed by atoms with Crippen molar-refractivity contribution in [3.8, 4) is 0 Å². The molecule has 1 heterocycles. The third-order valence-corrected chi connectivity index (χ3v) is 12.7. The van der Waals surface area contributed by atoms with Gasteiger partial charge < -0.3 is 4.43 Å². The highest BCUT2D eigenvalue weighted by molar-refractivity contribution is 9.10. The van der Waals surface area contributed by atoms with Crippen molar-refractivity contribution in [3.63, 3.8) is 0 Å². The lowest BCUT2D eigenvalue weighted by Gasteiger charge is -2.57. The molecular formula is C20H35BrFN3O2SSi. The first-order chi connectivity index (χ1) is 12.9. The Labute approximate surface area is 186 Å². The Morgan fingerprint density at radius 1 is 1.28 bits per heavy atom. The van der Waals surface area contributed by atoms with Crippen LogP contribution in [0.15, 0.2) is 16.9 Å². The van der Waals surface area contributed by atoms with Crippen LogP contribution in [-0.2, 0) is 21.0 Å². The number of aromatic nitrogens is 2. The number of rotatable bonds is 6. The zero-order chi connectivity index (χ0) is 22.5. The van der Waals surface area contributed by atoms with E-state index in [0.29, 0.717) is 23.3 Å². The molecule has 9 heteroatoms. The lowest BCUT2D eigenvalue weighted by atomic mass is 9.57. The number of nitrogens with zero attached hydrogens (tertiary/aromatic N) is 2. The Morgan fingerprint density at radius 3 is 2.21 bits per heavy atom. The van der Waals surface area contributed by atoms with Gasteiger partial charge in [-0.1, -0.05) is 27.7 Å². The summed E-state index contributed by atoms with van der Waals surface area (Å²) >= 11 is 3.32. The van der Waals surface area contributed by atoms with Crippen molar-refractivity contribution < 1.29 is 13.0 Å². The van der Waals surface area contributed by atoms with Gasteiger partial charge in [-0.3, -0.25) is 0 Å². The zero-order valence-corrected chi connectivity index (χ0v) is 22.4. The van der Waals surface area contributed by atoms with E-state index in [1.807, 2.05) is 27.7 Å². The van der Waals surface area contributed by atoms with Gasteiger partial charge in [0.2, 0.25) is 0 Å². The Kier molecular flexibility index (Phi) is 6.94. The normalized spacial score (nSPS) is 29.4. The lowest BCUT2D eigenvalue weighted by molar-refractivity contribution is -0.115. The Bertz CT molecular complexity index is 766. The highest BCUT2D eigenvalue weighted by Crippen LogP contribution is 2.56. The number of hydrogen-bond acceptors (Lipinski definition) is 4. The zero-order valence-electron chi connectivity index (χ0n) is 19.0. The van der Waals surface area contributed by atoms with Gasteiger partial charge in [-0.15, -0.1) is 0 Å². The summed E-state index contributed by atoms with van der Waals surface area (Å²) in [6.45, 7) is 18.6. The molecule has 1 aliphatic rings. The Morgan fingerprint density at radius 2 is 1.79 bits per heavy atom. The summed E-state index contributed by atoms with van der Waals surface area (Å²) in [6, 6.07) is 0. The first kappa shape index (κ1) is 25.0. The molecule has 166 valence electrons. The minimum atomic E-state index is -2.01. The van der Waals surface area contributed by atoms with Crippen molar-refractivity contribution in [1.82, 2.24) is 14.7 Å². The molecule has 0 bridgehead atoms. The minimum absolute atomic E-state index is 0.0524. The molecule has 0 radical (unpaired) electrons. The van der Waals surface area contributed by atoms with Crippen molar-refractivity contribution in [2.75, 3.05) is 6.61 Å². The molecular weight excluding hydrogens is 473 g/mol. The maximum absolute atomic E-state index is 15.9. The second-order valence-corrected chi connectivity index (χ2v) is 18.6. The Balaban J connectivity index is 2.31.